The van der Waals surface area contributed by atoms with Crippen LogP contribution in [0.4, 0.5) is 0 Å². The van der Waals surface area contributed by atoms with Gasteiger partial charge in [-0.3, -0.25) is 4.79 Å². The number of methoxy groups -OCH3 is 1. The molecule has 1 aromatic carbocycles. The number of amides is 1. The summed E-state index contributed by atoms with van der Waals surface area (Å²) in [6.07, 6.45) is 2.49. The molecule has 2 rings (SSSR count). The van der Waals surface area contributed by atoms with Gasteiger partial charge in [0, 0.05) is 9.90 Å². The Kier molecular flexibility index (Phi) is 7.15. The Labute approximate surface area is 154 Å². The van der Waals surface area contributed by atoms with Crippen molar-refractivity contribution in [3.05, 3.63) is 46.3 Å². The number of carbonyl (C=O) groups excluding carboxylic acids is 2. The number of halogens is 1. The summed E-state index contributed by atoms with van der Waals surface area (Å²) >= 11 is 8.88. The van der Waals surface area contributed by atoms with E-state index in [2.05, 4.69) is 5.32 Å². The van der Waals surface area contributed by atoms with Gasteiger partial charge in [-0.2, -0.15) is 11.8 Å². The monoisotopic (exact) mass is 383 g/mol. The number of ether oxygens (including phenoxy) is 1. The fourth-order valence-corrected chi connectivity index (χ4v) is 3.60. The molecule has 0 spiro atoms. The summed E-state index contributed by atoms with van der Waals surface area (Å²) in [5.74, 6) is 0.0733. The van der Waals surface area contributed by atoms with E-state index >= 15 is 0 Å². The molecular formula is C17H18ClNO3S2. The molecule has 4 nitrogen and oxygen atoms in total. The van der Waals surface area contributed by atoms with Crippen molar-refractivity contribution in [1.82, 2.24) is 5.32 Å². The third-order valence-electron chi connectivity index (χ3n) is 3.36. The van der Waals surface area contributed by atoms with Gasteiger partial charge in [0.25, 0.3) is 5.91 Å². The highest BCUT2D eigenvalue weighted by atomic mass is 35.5. The van der Waals surface area contributed by atoms with Crippen molar-refractivity contribution in [3.8, 4) is 10.4 Å². The lowest BCUT2D eigenvalue weighted by molar-refractivity contribution is -0.142. The molecule has 1 atom stereocenters. The van der Waals surface area contributed by atoms with Gasteiger partial charge in [-0.15, -0.1) is 11.3 Å². The summed E-state index contributed by atoms with van der Waals surface area (Å²) in [7, 11) is 1.32. The third kappa shape index (κ3) is 5.00. The van der Waals surface area contributed by atoms with Crippen LogP contribution >= 0.6 is 34.7 Å². The van der Waals surface area contributed by atoms with Gasteiger partial charge >= 0.3 is 5.97 Å². The first-order chi connectivity index (χ1) is 11.5. The van der Waals surface area contributed by atoms with Crippen LogP contribution < -0.4 is 5.32 Å². The van der Waals surface area contributed by atoms with Crippen molar-refractivity contribution < 1.29 is 14.3 Å². The number of hydrogen-bond donors (Lipinski definition) is 1. The summed E-state index contributed by atoms with van der Waals surface area (Å²) in [5.41, 5.74) is 0.996. The maximum absolute atomic E-state index is 12.4. The second-order valence-electron chi connectivity index (χ2n) is 5.00. The van der Waals surface area contributed by atoms with E-state index in [1.165, 1.54) is 18.4 Å². The van der Waals surface area contributed by atoms with Crippen LogP contribution in [0.15, 0.2) is 36.4 Å². The Morgan fingerprint density at radius 1 is 1.25 bits per heavy atom. The van der Waals surface area contributed by atoms with Crippen molar-refractivity contribution >= 4 is 46.6 Å². The average Bonchev–Trinajstić information content (AvgIpc) is 3.08. The minimum absolute atomic E-state index is 0.267. The second kappa shape index (κ2) is 9.11. The van der Waals surface area contributed by atoms with E-state index < -0.39 is 12.0 Å². The highest BCUT2D eigenvalue weighted by Crippen LogP contribution is 2.29. The predicted molar refractivity (Wildman–Crippen MR) is 101 cm³/mol. The molecule has 0 aliphatic carbocycles. The summed E-state index contributed by atoms with van der Waals surface area (Å²) < 4.78 is 4.76. The number of thiophene rings is 1. The highest BCUT2D eigenvalue weighted by Gasteiger charge is 2.22. The lowest BCUT2D eigenvalue weighted by Gasteiger charge is -2.15. The first-order valence-corrected chi connectivity index (χ1v) is 9.87. The van der Waals surface area contributed by atoms with E-state index in [9.17, 15) is 9.59 Å². The average molecular weight is 384 g/mol. The van der Waals surface area contributed by atoms with Crippen LogP contribution in [0.2, 0.25) is 5.02 Å². The molecule has 0 unspecified atom stereocenters. The number of rotatable bonds is 7. The fraction of sp³-hybridized carbons (Fsp3) is 0.294. The van der Waals surface area contributed by atoms with Crippen LogP contribution in [0, 0.1) is 0 Å². The first kappa shape index (κ1) is 18.8. The minimum atomic E-state index is -0.629. The smallest absolute Gasteiger partial charge is 0.328 e. The number of benzene rings is 1. The van der Waals surface area contributed by atoms with E-state index in [0.29, 0.717) is 16.3 Å². The second-order valence-corrected chi connectivity index (χ2v) is 7.51. The van der Waals surface area contributed by atoms with Crippen molar-refractivity contribution in [2.45, 2.75) is 12.5 Å². The normalized spacial score (nSPS) is 11.8. The Bertz CT molecular complexity index is 700. The van der Waals surface area contributed by atoms with Gasteiger partial charge < -0.3 is 10.1 Å². The number of esters is 1. The topological polar surface area (TPSA) is 55.4 Å². The van der Waals surface area contributed by atoms with Crippen LogP contribution in [0.5, 0.6) is 0 Å². The Balaban J connectivity index is 2.09. The lowest BCUT2D eigenvalue weighted by atomic mass is 10.2. The zero-order valence-corrected chi connectivity index (χ0v) is 15.8. The summed E-state index contributed by atoms with van der Waals surface area (Å²) in [5, 5.41) is 3.42. The standard InChI is InChI=1S/C17H18ClNO3S2/c1-22-17(21)13(9-10-23-2)19-16(20)15-8-7-14(24-15)11-3-5-12(18)6-4-11/h3-8,13H,9-10H2,1-2H3,(H,19,20)/t13-/m1/s1. The van der Waals surface area contributed by atoms with Gasteiger partial charge in [0.05, 0.1) is 12.0 Å². The molecule has 0 saturated carbocycles. The number of nitrogens with one attached hydrogen (secondary N) is 1. The van der Waals surface area contributed by atoms with Crippen molar-refractivity contribution in [3.63, 3.8) is 0 Å². The van der Waals surface area contributed by atoms with Crippen LogP contribution in [0.25, 0.3) is 10.4 Å². The highest BCUT2D eigenvalue weighted by molar-refractivity contribution is 7.98. The molecule has 1 heterocycles. The molecule has 128 valence electrons. The minimum Gasteiger partial charge on any atom is -0.467 e. The molecule has 0 radical (unpaired) electrons. The molecule has 0 bridgehead atoms. The Hall–Kier alpha value is -1.50. The molecule has 1 amide bonds. The van der Waals surface area contributed by atoms with Gasteiger partial charge in [0.1, 0.15) is 6.04 Å². The molecule has 7 heteroatoms. The molecule has 0 aliphatic heterocycles. The maximum atomic E-state index is 12.4. The van der Waals surface area contributed by atoms with Crippen molar-refractivity contribution in [1.29, 1.82) is 0 Å². The summed E-state index contributed by atoms with van der Waals surface area (Å²) in [4.78, 5) is 25.7. The number of thioether (sulfide) groups is 1. The van der Waals surface area contributed by atoms with Crippen LogP contribution in [-0.2, 0) is 9.53 Å². The molecule has 0 aliphatic rings. The van der Waals surface area contributed by atoms with Crippen molar-refractivity contribution in [2.75, 3.05) is 19.1 Å². The Morgan fingerprint density at radius 2 is 1.96 bits per heavy atom. The fourth-order valence-electron chi connectivity index (χ4n) is 2.09. The molecule has 1 aromatic heterocycles. The van der Waals surface area contributed by atoms with Gasteiger partial charge in [-0.25, -0.2) is 4.79 Å². The third-order valence-corrected chi connectivity index (χ3v) is 5.39. The van der Waals surface area contributed by atoms with Crippen LogP contribution in [0.1, 0.15) is 16.1 Å². The zero-order chi connectivity index (χ0) is 17.5. The maximum Gasteiger partial charge on any atom is 0.328 e. The van der Waals surface area contributed by atoms with Crippen LogP contribution in [0.3, 0.4) is 0 Å². The molecule has 0 saturated heterocycles. The van der Waals surface area contributed by atoms with E-state index in [1.54, 1.807) is 17.8 Å². The molecule has 24 heavy (non-hydrogen) atoms. The quantitative estimate of drug-likeness (QED) is 0.731. The summed E-state index contributed by atoms with van der Waals surface area (Å²) in [6.45, 7) is 0. The van der Waals surface area contributed by atoms with E-state index in [0.717, 1.165) is 16.2 Å². The summed E-state index contributed by atoms with van der Waals surface area (Å²) in [6, 6.07) is 10.5. The van der Waals surface area contributed by atoms with E-state index in [-0.39, 0.29) is 5.91 Å². The van der Waals surface area contributed by atoms with Gasteiger partial charge in [-0.05, 0) is 48.3 Å². The largest absolute Gasteiger partial charge is 0.467 e. The van der Waals surface area contributed by atoms with Gasteiger partial charge in [0.2, 0.25) is 0 Å². The molecular weight excluding hydrogens is 366 g/mol. The Morgan fingerprint density at radius 3 is 2.58 bits per heavy atom. The molecule has 1 N–H and O–H groups in total. The van der Waals surface area contributed by atoms with E-state index in [1.807, 2.05) is 36.6 Å². The van der Waals surface area contributed by atoms with Gasteiger partial charge in [-0.1, -0.05) is 23.7 Å². The van der Waals surface area contributed by atoms with E-state index in [4.69, 9.17) is 16.3 Å². The molecule has 2 aromatic rings. The SMILES string of the molecule is COC(=O)[C@@H](CCSC)NC(=O)c1ccc(-c2ccc(Cl)cc2)s1. The van der Waals surface area contributed by atoms with Crippen molar-refractivity contribution in [2.24, 2.45) is 0 Å². The lowest BCUT2D eigenvalue weighted by Crippen LogP contribution is -2.41. The molecule has 0 fully saturated rings. The van der Waals surface area contributed by atoms with Gasteiger partial charge in [0.15, 0.2) is 0 Å². The number of carbonyl (C=O) groups is 2. The zero-order valence-electron chi connectivity index (χ0n) is 13.4. The predicted octanol–water partition coefficient (Wildman–Crippen LogP) is 4.09. The first-order valence-electron chi connectivity index (χ1n) is 7.28. The number of hydrogen-bond acceptors (Lipinski definition) is 5. The van der Waals surface area contributed by atoms with Crippen LogP contribution in [-0.4, -0.2) is 37.0 Å².